The van der Waals surface area contributed by atoms with Crippen molar-refractivity contribution >= 4 is 0 Å². The van der Waals surface area contributed by atoms with Crippen LogP contribution < -0.4 is 5.64 Å². The molecule has 0 aromatic carbocycles. The number of ether oxygens (including phenoxy) is 1. The van der Waals surface area contributed by atoms with Gasteiger partial charge in [-0.3, -0.25) is 10.1 Å². The Morgan fingerprint density at radius 3 is 2.44 bits per heavy atom. The van der Waals surface area contributed by atoms with Crippen molar-refractivity contribution in [3.8, 4) is 0 Å². The molecule has 9 heteroatoms. The Morgan fingerprint density at radius 1 is 1.12 bits per heavy atom. The third-order valence-electron chi connectivity index (χ3n) is 5.99. The predicted octanol–water partition coefficient (Wildman–Crippen LogP) is 5.32. The number of hydrogen-bond acceptors (Lipinski definition) is 9. The molecule has 0 radical (unpaired) electrons. The molecule has 0 aromatic heterocycles. The number of hydroxylamine groups is 4. The van der Waals surface area contributed by atoms with Gasteiger partial charge in [-0.2, -0.15) is 4.94 Å². The number of rotatable bonds is 11. The zero-order chi connectivity index (χ0) is 24.0. The summed E-state index contributed by atoms with van der Waals surface area (Å²) in [6.45, 7) is 12.8. The van der Waals surface area contributed by atoms with Crippen molar-refractivity contribution in [3.05, 3.63) is 46.2 Å². The number of nitrogens with zero attached hydrogens (tertiary/aromatic N) is 2. The highest BCUT2D eigenvalue weighted by molar-refractivity contribution is 5.17. The molecule has 0 fully saturated rings. The quantitative estimate of drug-likeness (QED) is 0.329. The fraction of sp³-hybridized carbons (Fsp3) is 0.739. The zero-order valence-electron chi connectivity index (χ0n) is 20.5. The summed E-state index contributed by atoms with van der Waals surface area (Å²) in [7, 11) is 0. The van der Waals surface area contributed by atoms with E-state index in [2.05, 4.69) is 5.64 Å². The van der Waals surface area contributed by atoms with Crippen LogP contribution >= 0.6 is 0 Å². The Morgan fingerprint density at radius 2 is 1.84 bits per heavy atom. The highest BCUT2D eigenvalue weighted by Crippen LogP contribution is 2.36. The van der Waals surface area contributed by atoms with Gasteiger partial charge in [-0.05, 0) is 79.7 Å². The molecule has 9 nitrogen and oxygen atoms in total. The van der Waals surface area contributed by atoms with Crippen LogP contribution in [-0.2, 0) is 19.4 Å². The monoisotopic (exact) mass is 453 g/mol. The number of nitrogens with one attached hydrogen (secondary N) is 1. The smallest absolute Gasteiger partial charge is 0.134 e. The van der Waals surface area contributed by atoms with Gasteiger partial charge in [0.1, 0.15) is 5.76 Å². The molecule has 0 bridgehead atoms. The predicted molar refractivity (Wildman–Crippen MR) is 123 cm³/mol. The Labute approximate surface area is 192 Å². The molecule has 0 aromatic rings. The van der Waals surface area contributed by atoms with Crippen molar-refractivity contribution in [2.75, 3.05) is 0 Å². The average molecular weight is 454 g/mol. The number of allylic oxidation sites excluding steroid dienone is 3. The lowest BCUT2D eigenvalue weighted by Crippen LogP contribution is -2.60. The molecule has 184 valence electrons. The first-order chi connectivity index (χ1) is 14.9. The molecule has 2 aliphatic carbocycles. The molecule has 0 saturated heterocycles. The molecule has 1 N–H and O–H groups in total. The molecule has 2 rings (SSSR count). The lowest BCUT2D eigenvalue weighted by Gasteiger charge is -2.52. The van der Waals surface area contributed by atoms with Gasteiger partial charge < -0.3 is 20.0 Å². The van der Waals surface area contributed by atoms with Crippen LogP contribution in [0.3, 0.4) is 0 Å². The minimum Gasteiger partial charge on any atom is -0.760 e. The van der Waals surface area contributed by atoms with E-state index < -0.39 is 22.8 Å². The molecule has 0 aliphatic heterocycles. The molecule has 0 amide bonds. The minimum atomic E-state index is -1.08. The molecule has 0 saturated carbocycles. The van der Waals surface area contributed by atoms with Crippen molar-refractivity contribution < 1.29 is 19.4 Å². The normalized spacial score (nSPS) is 21.8. The van der Waals surface area contributed by atoms with E-state index in [9.17, 15) is 10.4 Å². The lowest BCUT2D eigenvalue weighted by atomic mass is 9.82. The zero-order valence-corrected chi connectivity index (χ0v) is 20.5. The topological polar surface area (TPSA) is 102 Å². The van der Waals surface area contributed by atoms with E-state index in [4.69, 9.17) is 19.4 Å². The number of hydrogen-bond donors (Lipinski definition) is 1. The summed E-state index contributed by atoms with van der Waals surface area (Å²) in [4.78, 5) is 15.9. The minimum absolute atomic E-state index is 0.449. The Hall–Kier alpha value is -1.46. The third-order valence-corrected chi connectivity index (χ3v) is 5.99. The fourth-order valence-electron chi connectivity index (χ4n) is 3.36. The van der Waals surface area contributed by atoms with E-state index in [1.54, 1.807) is 19.9 Å². The third kappa shape index (κ3) is 7.28. The first-order valence-electron chi connectivity index (χ1n) is 11.3. The fourth-order valence-corrected chi connectivity index (χ4v) is 3.36. The van der Waals surface area contributed by atoms with Crippen molar-refractivity contribution in [1.82, 2.24) is 16.1 Å². The maximum atomic E-state index is 12.7. The maximum absolute atomic E-state index is 12.7. The highest BCUT2D eigenvalue weighted by Gasteiger charge is 2.44. The summed E-state index contributed by atoms with van der Waals surface area (Å²) in [5.41, 5.74) is 0.427. The van der Waals surface area contributed by atoms with Crippen LogP contribution in [0.2, 0.25) is 0 Å². The van der Waals surface area contributed by atoms with Gasteiger partial charge in [-0.1, -0.05) is 30.8 Å². The maximum Gasteiger partial charge on any atom is 0.134 e. The largest absolute Gasteiger partial charge is 0.760 e. The Kier molecular flexibility index (Phi) is 9.30. The van der Waals surface area contributed by atoms with Gasteiger partial charge in [0.25, 0.3) is 0 Å². The van der Waals surface area contributed by atoms with Gasteiger partial charge in [0.15, 0.2) is 0 Å². The Balaban J connectivity index is 2.03. The molecule has 0 spiro atoms. The van der Waals surface area contributed by atoms with Crippen molar-refractivity contribution in [3.63, 3.8) is 0 Å². The van der Waals surface area contributed by atoms with Crippen LogP contribution in [-0.4, -0.2) is 33.3 Å². The van der Waals surface area contributed by atoms with Crippen LogP contribution in [0, 0.1) is 10.4 Å². The summed E-state index contributed by atoms with van der Waals surface area (Å²) in [6.07, 6.45) is 11.8. The summed E-state index contributed by atoms with van der Waals surface area (Å²) in [5.74, 6) is 0.519. The summed E-state index contributed by atoms with van der Waals surface area (Å²) in [6, 6.07) is 0. The van der Waals surface area contributed by atoms with E-state index in [-0.39, 0.29) is 0 Å². The standard InChI is InChI=1S/C23H39N3O6/c1-8-23(7,22(5,6)26(28)32-24-31-21(2,3)4)29-19-15-12-16-20(17-19)30-25(27)18-13-10-9-11-14-18/h12-13,15,17,19,24H,8-11,14,16H2,1-7H3/q-2. The summed E-state index contributed by atoms with van der Waals surface area (Å²) >= 11 is 0. The summed E-state index contributed by atoms with van der Waals surface area (Å²) < 4.78 is 6.35. The summed E-state index contributed by atoms with van der Waals surface area (Å²) in [5, 5.41) is 26.2. The molecule has 2 unspecified atom stereocenters. The van der Waals surface area contributed by atoms with E-state index in [0.29, 0.717) is 34.8 Å². The molecule has 32 heavy (non-hydrogen) atoms. The average Bonchev–Trinajstić information content (AvgIpc) is 2.73. The second-order valence-electron chi connectivity index (χ2n) is 9.93. The molecular formula is C23H39N3O6-2. The second-order valence-corrected chi connectivity index (χ2v) is 9.93. The lowest BCUT2D eigenvalue weighted by molar-refractivity contribution is -0.352. The second kappa shape index (κ2) is 11.1. The van der Waals surface area contributed by atoms with E-state index >= 15 is 0 Å². The van der Waals surface area contributed by atoms with Crippen molar-refractivity contribution in [1.29, 1.82) is 0 Å². The molecule has 2 aliphatic rings. The first-order valence-corrected chi connectivity index (χ1v) is 11.3. The van der Waals surface area contributed by atoms with E-state index in [1.165, 1.54) is 0 Å². The van der Waals surface area contributed by atoms with E-state index in [1.807, 2.05) is 52.8 Å². The SMILES string of the molecule is CCC(C)(OC1C=CCC(ON([O-])C2=CCCCC2)=C1)C(C)(C)N([O-])ONOC(C)(C)C. The van der Waals surface area contributed by atoms with Crippen LogP contribution in [0.4, 0.5) is 0 Å². The molecule has 0 heterocycles. The van der Waals surface area contributed by atoms with Crippen LogP contribution in [0.25, 0.3) is 0 Å². The molecular weight excluding hydrogens is 414 g/mol. The van der Waals surface area contributed by atoms with Gasteiger partial charge in [0, 0.05) is 12.1 Å². The van der Waals surface area contributed by atoms with Crippen LogP contribution in [0.5, 0.6) is 0 Å². The Bertz CT molecular complexity index is 700. The van der Waals surface area contributed by atoms with E-state index in [0.717, 1.165) is 25.7 Å². The first kappa shape index (κ1) is 26.8. The van der Waals surface area contributed by atoms with Gasteiger partial charge in [-0.25, -0.2) is 5.23 Å². The van der Waals surface area contributed by atoms with Crippen molar-refractivity contribution in [2.24, 2.45) is 0 Å². The van der Waals surface area contributed by atoms with Gasteiger partial charge in [-0.15, -0.1) is 0 Å². The van der Waals surface area contributed by atoms with Crippen LogP contribution in [0.15, 0.2) is 35.8 Å². The highest BCUT2D eigenvalue weighted by atomic mass is 17.1. The molecule has 2 atom stereocenters. The van der Waals surface area contributed by atoms with Crippen molar-refractivity contribution in [2.45, 2.75) is 110 Å². The van der Waals surface area contributed by atoms with Gasteiger partial charge in [0.05, 0.1) is 22.8 Å². The van der Waals surface area contributed by atoms with Gasteiger partial charge in [0.2, 0.25) is 0 Å². The van der Waals surface area contributed by atoms with Gasteiger partial charge >= 0.3 is 0 Å². The van der Waals surface area contributed by atoms with Crippen LogP contribution in [0.1, 0.15) is 87.0 Å².